The van der Waals surface area contributed by atoms with Crippen LogP contribution in [-0.4, -0.2) is 32.5 Å². The van der Waals surface area contributed by atoms with Gasteiger partial charge in [0.2, 0.25) is 5.91 Å². The molecule has 0 aliphatic rings. The lowest BCUT2D eigenvalue weighted by atomic mass is 10.1. The Bertz CT molecular complexity index is 1200. The number of carbonyl (C=O) groups is 1. The zero-order chi connectivity index (χ0) is 25.0. The Morgan fingerprint density at radius 1 is 0.861 bits per heavy atom. The van der Waals surface area contributed by atoms with Crippen LogP contribution in [0.5, 0.6) is 0 Å². The summed E-state index contributed by atoms with van der Waals surface area (Å²) < 4.78 is 2.15. The Balaban J connectivity index is 1.24. The van der Waals surface area contributed by atoms with E-state index in [1.165, 1.54) is 11.1 Å². The fraction of sp³-hybridized carbons (Fsp3) is 0.300. The average Bonchev–Trinajstić information content (AvgIpc) is 3.31. The van der Waals surface area contributed by atoms with E-state index in [2.05, 4.69) is 87.7 Å². The molecule has 4 rings (SSSR count). The number of rotatable bonds is 13. The van der Waals surface area contributed by atoms with Crippen molar-refractivity contribution in [2.75, 3.05) is 5.75 Å². The summed E-state index contributed by atoms with van der Waals surface area (Å²) in [6, 6.07) is 31.2. The highest BCUT2D eigenvalue weighted by atomic mass is 32.2. The highest BCUT2D eigenvalue weighted by Crippen LogP contribution is 2.24. The molecule has 0 aliphatic carbocycles. The molecule has 0 fully saturated rings. The SMILES string of the molecule is CC(CCc1ccccc1)NC(=O)CCCCSc1nnc(Cc2ccccc2)n1-c1ccccc1. The van der Waals surface area contributed by atoms with Crippen LogP contribution in [0.3, 0.4) is 0 Å². The van der Waals surface area contributed by atoms with Gasteiger partial charge in [-0.25, -0.2) is 0 Å². The monoisotopic (exact) mass is 498 g/mol. The second kappa shape index (κ2) is 13.6. The van der Waals surface area contributed by atoms with Gasteiger partial charge in [0.15, 0.2) is 5.16 Å². The average molecular weight is 499 g/mol. The zero-order valence-electron chi connectivity index (χ0n) is 20.8. The number of hydrogen-bond acceptors (Lipinski definition) is 4. The Kier molecular flexibility index (Phi) is 9.74. The second-order valence-corrected chi connectivity index (χ2v) is 10.1. The van der Waals surface area contributed by atoms with Crippen LogP contribution in [0.15, 0.2) is 96.2 Å². The van der Waals surface area contributed by atoms with Crippen molar-refractivity contribution in [1.29, 1.82) is 0 Å². The molecular weight excluding hydrogens is 464 g/mol. The fourth-order valence-electron chi connectivity index (χ4n) is 4.12. The number of para-hydroxylation sites is 1. The minimum atomic E-state index is 0.137. The van der Waals surface area contributed by atoms with E-state index in [1.54, 1.807) is 11.8 Å². The van der Waals surface area contributed by atoms with Crippen molar-refractivity contribution in [2.45, 2.75) is 56.6 Å². The number of thioether (sulfide) groups is 1. The first kappa shape index (κ1) is 25.7. The van der Waals surface area contributed by atoms with Gasteiger partial charge in [-0.1, -0.05) is 90.6 Å². The van der Waals surface area contributed by atoms with E-state index < -0.39 is 0 Å². The highest BCUT2D eigenvalue weighted by molar-refractivity contribution is 7.99. The number of aryl methyl sites for hydroxylation is 1. The predicted molar refractivity (Wildman–Crippen MR) is 148 cm³/mol. The summed E-state index contributed by atoms with van der Waals surface area (Å²) in [5.74, 6) is 1.96. The van der Waals surface area contributed by atoms with Gasteiger partial charge in [0.1, 0.15) is 5.82 Å². The van der Waals surface area contributed by atoms with Crippen molar-refractivity contribution in [2.24, 2.45) is 0 Å². The van der Waals surface area contributed by atoms with Crippen LogP contribution >= 0.6 is 11.8 Å². The molecule has 3 aromatic carbocycles. The van der Waals surface area contributed by atoms with Crippen molar-refractivity contribution in [3.63, 3.8) is 0 Å². The number of unbranched alkanes of at least 4 members (excludes halogenated alkanes) is 1. The largest absolute Gasteiger partial charge is 0.354 e. The predicted octanol–water partition coefficient (Wildman–Crippen LogP) is 6.26. The van der Waals surface area contributed by atoms with E-state index >= 15 is 0 Å². The molecule has 1 amide bonds. The molecule has 0 saturated heterocycles. The van der Waals surface area contributed by atoms with Crippen LogP contribution < -0.4 is 5.32 Å². The summed E-state index contributed by atoms with van der Waals surface area (Å²) in [6.45, 7) is 2.08. The molecule has 6 heteroatoms. The summed E-state index contributed by atoms with van der Waals surface area (Å²) >= 11 is 1.70. The Labute approximate surface area is 218 Å². The highest BCUT2D eigenvalue weighted by Gasteiger charge is 2.15. The normalized spacial score (nSPS) is 11.8. The molecule has 1 unspecified atom stereocenters. The van der Waals surface area contributed by atoms with Crippen molar-refractivity contribution in [1.82, 2.24) is 20.1 Å². The molecule has 1 aromatic heterocycles. The van der Waals surface area contributed by atoms with Crippen molar-refractivity contribution < 1.29 is 4.79 Å². The molecule has 36 heavy (non-hydrogen) atoms. The third kappa shape index (κ3) is 7.82. The topological polar surface area (TPSA) is 59.8 Å². The first-order valence-corrected chi connectivity index (χ1v) is 13.7. The Morgan fingerprint density at radius 2 is 1.50 bits per heavy atom. The van der Waals surface area contributed by atoms with Gasteiger partial charge in [0.05, 0.1) is 0 Å². The fourth-order valence-corrected chi connectivity index (χ4v) is 5.09. The number of nitrogens with zero attached hydrogens (tertiary/aromatic N) is 3. The molecule has 186 valence electrons. The van der Waals surface area contributed by atoms with Crippen LogP contribution in [-0.2, 0) is 17.6 Å². The summed E-state index contributed by atoms with van der Waals surface area (Å²) in [7, 11) is 0. The summed E-state index contributed by atoms with van der Waals surface area (Å²) in [4.78, 5) is 12.4. The quantitative estimate of drug-likeness (QED) is 0.175. The van der Waals surface area contributed by atoms with Gasteiger partial charge in [-0.2, -0.15) is 0 Å². The molecule has 0 saturated carbocycles. The maximum atomic E-state index is 12.4. The molecule has 0 aliphatic heterocycles. The Morgan fingerprint density at radius 3 is 2.19 bits per heavy atom. The van der Waals surface area contributed by atoms with E-state index in [0.29, 0.717) is 6.42 Å². The second-order valence-electron chi connectivity index (χ2n) is 9.03. The Hall–Kier alpha value is -3.38. The molecule has 1 heterocycles. The van der Waals surface area contributed by atoms with Gasteiger partial charge < -0.3 is 5.32 Å². The molecular formula is C30H34N4OS. The maximum Gasteiger partial charge on any atom is 0.220 e. The van der Waals surface area contributed by atoms with Crippen LogP contribution in [0.1, 0.15) is 49.6 Å². The third-order valence-corrected chi connectivity index (χ3v) is 7.08. The van der Waals surface area contributed by atoms with Crippen LogP contribution in [0, 0.1) is 0 Å². The molecule has 4 aromatic rings. The third-order valence-electron chi connectivity index (χ3n) is 6.07. The van der Waals surface area contributed by atoms with Gasteiger partial charge in [0, 0.05) is 30.3 Å². The van der Waals surface area contributed by atoms with E-state index in [4.69, 9.17) is 0 Å². The standard InChI is InChI=1S/C30H34N4OS/c1-24(20-21-25-13-5-2-6-14-25)31-29(35)19-11-12-22-36-30-33-32-28(23-26-15-7-3-8-16-26)34(30)27-17-9-4-10-18-27/h2-10,13-18,24H,11-12,19-23H2,1H3,(H,31,35). The number of carbonyl (C=O) groups excluding carboxylic acids is 1. The van der Waals surface area contributed by atoms with Crippen molar-refractivity contribution >= 4 is 17.7 Å². The molecule has 0 radical (unpaired) electrons. The van der Waals surface area contributed by atoms with Gasteiger partial charge in [0.25, 0.3) is 0 Å². The number of aromatic nitrogens is 3. The van der Waals surface area contributed by atoms with Crippen LogP contribution in [0.2, 0.25) is 0 Å². The van der Waals surface area contributed by atoms with Gasteiger partial charge in [-0.3, -0.25) is 9.36 Å². The number of nitrogens with one attached hydrogen (secondary N) is 1. The number of benzene rings is 3. The lowest BCUT2D eigenvalue weighted by Gasteiger charge is -2.14. The van der Waals surface area contributed by atoms with Gasteiger partial charge in [-0.15, -0.1) is 10.2 Å². The van der Waals surface area contributed by atoms with Gasteiger partial charge >= 0.3 is 0 Å². The minimum absolute atomic E-state index is 0.137. The lowest BCUT2D eigenvalue weighted by molar-refractivity contribution is -0.121. The maximum absolute atomic E-state index is 12.4. The molecule has 0 bridgehead atoms. The first-order chi connectivity index (χ1) is 17.7. The van der Waals surface area contributed by atoms with Crippen molar-refractivity contribution in [3.05, 3.63) is 108 Å². The van der Waals surface area contributed by atoms with E-state index in [-0.39, 0.29) is 11.9 Å². The molecule has 1 atom stereocenters. The van der Waals surface area contributed by atoms with Gasteiger partial charge in [-0.05, 0) is 55.9 Å². The number of amides is 1. The van der Waals surface area contributed by atoms with E-state index in [0.717, 1.165) is 54.5 Å². The smallest absolute Gasteiger partial charge is 0.220 e. The molecule has 5 nitrogen and oxygen atoms in total. The lowest BCUT2D eigenvalue weighted by Crippen LogP contribution is -2.32. The van der Waals surface area contributed by atoms with E-state index in [9.17, 15) is 4.79 Å². The summed E-state index contributed by atoms with van der Waals surface area (Å²) in [6.07, 6.45) is 5.03. The summed E-state index contributed by atoms with van der Waals surface area (Å²) in [5, 5.41) is 13.1. The van der Waals surface area contributed by atoms with E-state index in [1.807, 2.05) is 30.3 Å². The van der Waals surface area contributed by atoms with Crippen molar-refractivity contribution in [3.8, 4) is 5.69 Å². The summed E-state index contributed by atoms with van der Waals surface area (Å²) in [5.41, 5.74) is 3.59. The minimum Gasteiger partial charge on any atom is -0.354 e. The number of hydrogen-bond donors (Lipinski definition) is 1. The van der Waals surface area contributed by atoms with Crippen LogP contribution in [0.4, 0.5) is 0 Å². The first-order valence-electron chi connectivity index (χ1n) is 12.7. The van der Waals surface area contributed by atoms with Crippen LogP contribution in [0.25, 0.3) is 5.69 Å². The zero-order valence-corrected chi connectivity index (χ0v) is 21.7. The molecule has 0 spiro atoms. The molecule has 1 N–H and O–H groups in total.